The van der Waals surface area contributed by atoms with E-state index in [4.69, 9.17) is 10.5 Å². The van der Waals surface area contributed by atoms with Gasteiger partial charge in [-0.2, -0.15) is 0 Å². The molecule has 1 aromatic carbocycles. The topological polar surface area (TPSA) is 59.6 Å². The van der Waals surface area contributed by atoms with Crippen LogP contribution in [0.3, 0.4) is 0 Å². The van der Waals surface area contributed by atoms with Crippen molar-refractivity contribution >= 4 is 47.0 Å². The van der Waals surface area contributed by atoms with Gasteiger partial charge in [-0.15, -0.1) is 35.3 Å². The van der Waals surface area contributed by atoms with Crippen LogP contribution in [0.2, 0.25) is 0 Å². The third-order valence-electron chi connectivity index (χ3n) is 2.35. The average Bonchev–Trinajstić information content (AvgIpc) is 2.90. The van der Waals surface area contributed by atoms with Crippen LogP contribution in [0.5, 0.6) is 5.75 Å². The Morgan fingerprint density at radius 3 is 2.63 bits per heavy atom. The van der Waals surface area contributed by atoms with E-state index in [0.717, 1.165) is 11.4 Å². The van der Waals surface area contributed by atoms with E-state index in [1.165, 1.54) is 4.88 Å². The molecule has 2 rings (SSSR count). The van der Waals surface area contributed by atoms with Crippen molar-refractivity contribution in [3.63, 3.8) is 0 Å². The minimum atomic E-state index is 0. The van der Waals surface area contributed by atoms with Gasteiger partial charge in [-0.05, 0) is 35.7 Å². The van der Waals surface area contributed by atoms with Gasteiger partial charge in [0.25, 0.3) is 0 Å². The Labute approximate surface area is 133 Å². The maximum absolute atomic E-state index is 5.81. The number of ether oxygens (including phenoxy) is 1. The van der Waals surface area contributed by atoms with Crippen LogP contribution in [0.15, 0.2) is 46.8 Å². The van der Waals surface area contributed by atoms with Crippen LogP contribution < -0.4 is 15.8 Å². The fraction of sp³-hybridized carbons (Fsp3) is 0.154. The molecule has 0 aliphatic rings. The van der Waals surface area contributed by atoms with Gasteiger partial charge in [-0.25, -0.2) is 4.99 Å². The summed E-state index contributed by atoms with van der Waals surface area (Å²) in [7, 11) is 1.64. The van der Waals surface area contributed by atoms with Gasteiger partial charge in [0.15, 0.2) is 5.96 Å². The van der Waals surface area contributed by atoms with Crippen molar-refractivity contribution in [2.45, 2.75) is 6.54 Å². The first-order valence-corrected chi connectivity index (χ1v) is 6.39. The van der Waals surface area contributed by atoms with Gasteiger partial charge >= 0.3 is 0 Å². The number of benzene rings is 1. The summed E-state index contributed by atoms with van der Waals surface area (Å²) >= 11 is 1.67. The summed E-state index contributed by atoms with van der Waals surface area (Å²) in [6.45, 7) is 0.604. The Hall–Kier alpha value is -1.28. The Kier molecular flexibility index (Phi) is 6.65. The second-order valence-electron chi connectivity index (χ2n) is 3.63. The number of halogens is 1. The molecule has 0 saturated carbocycles. The first-order chi connectivity index (χ1) is 8.78. The highest BCUT2D eigenvalue weighted by Crippen LogP contribution is 2.15. The number of nitrogens with one attached hydrogen (secondary N) is 1. The summed E-state index contributed by atoms with van der Waals surface area (Å²) in [5.41, 5.74) is 6.70. The fourth-order valence-electron chi connectivity index (χ4n) is 1.43. The first-order valence-electron chi connectivity index (χ1n) is 5.51. The van der Waals surface area contributed by atoms with Crippen LogP contribution in [-0.2, 0) is 6.54 Å². The largest absolute Gasteiger partial charge is 0.497 e. The number of hydrogen-bond donors (Lipinski definition) is 2. The Morgan fingerprint density at radius 1 is 1.32 bits per heavy atom. The second-order valence-corrected chi connectivity index (χ2v) is 4.67. The number of nitrogens with two attached hydrogens (primary N) is 1. The van der Waals surface area contributed by atoms with Crippen molar-refractivity contribution in [3.05, 3.63) is 46.7 Å². The number of rotatable bonds is 4. The van der Waals surface area contributed by atoms with Crippen LogP contribution in [0.1, 0.15) is 4.88 Å². The zero-order valence-electron chi connectivity index (χ0n) is 10.5. The maximum Gasteiger partial charge on any atom is 0.193 e. The average molecular weight is 389 g/mol. The van der Waals surface area contributed by atoms with Crippen molar-refractivity contribution in [3.8, 4) is 5.75 Å². The molecular weight excluding hydrogens is 373 g/mol. The molecule has 0 unspecified atom stereocenters. The lowest BCUT2D eigenvalue weighted by atomic mass is 10.3. The number of guanidine groups is 1. The van der Waals surface area contributed by atoms with Crippen molar-refractivity contribution in [1.29, 1.82) is 0 Å². The van der Waals surface area contributed by atoms with Crippen LogP contribution in [0.4, 0.5) is 5.69 Å². The van der Waals surface area contributed by atoms with Gasteiger partial charge in [0.2, 0.25) is 0 Å². The molecule has 0 spiro atoms. The van der Waals surface area contributed by atoms with E-state index in [1.54, 1.807) is 18.4 Å². The quantitative estimate of drug-likeness (QED) is 0.479. The summed E-state index contributed by atoms with van der Waals surface area (Å²) in [5, 5.41) is 5.06. The monoisotopic (exact) mass is 389 g/mol. The summed E-state index contributed by atoms with van der Waals surface area (Å²) in [5.74, 6) is 1.23. The molecule has 3 N–H and O–H groups in total. The Morgan fingerprint density at radius 2 is 2.05 bits per heavy atom. The third-order valence-corrected chi connectivity index (χ3v) is 3.21. The lowest BCUT2D eigenvalue weighted by Gasteiger charge is -2.06. The van der Waals surface area contributed by atoms with E-state index < -0.39 is 0 Å². The first kappa shape index (κ1) is 15.8. The van der Waals surface area contributed by atoms with Crippen molar-refractivity contribution in [2.75, 3.05) is 12.4 Å². The van der Waals surface area contributed by atoms with Crippen LogP contribution in [0, 0.1) is 0 Å². The fourth-order valence-corrected chi connectivity index (χ4v) is 2.06. The lowest BCUT2D eigenvalue weighted by molar-refractivity contribution is 0.415. The summed E-state index contributed by atoms with van der Waals surface area (Å²) in [6, 6.07) is 11.6. The number of aliphatic imine (C=N–C) groups is 1. The van der Waals surface area contributed by atoms with Gasteiger partial charge in [-0.3, -0.25) is 0 Å². The highest BCUT2D eigenvalue weighted by molar-refractivity contribution is 14.0. The van der Waals surface area contributed by atoms with Crippen LogP contribution >= 0.6 is 35.3 Å². The highest BCUT2D eigenvalue weighted by atomic mass is 127. The van der Waals surface area contributed by atoms with Crippen LogP contribution in [0.25, 0.3) is 0 Å². The smallest absolute Gasteiger partial charge is 0.193 e. The molecule has 0 fully saturated rings. The molecule has 1 heterocycles. The summed E-state index contributed by atoms with van der Waals surface area (Å²) < 4.78 is 5.08. The van der Waals surface area contributed by atoms with E-state index in [1.807, 2.05) is 41.8 Å². The molecule has 0 aliphatic carbocycles. The number of nitrogens with zero attached hydrogens (tertiary/aromatic N) is 1. The third kappa shape index (κ3) is 5.07. The van der Waals surface area contributed by atoms with Crippen molar-refractivity contribution in [1.82, 2.24) is 0 Å². The molecule has 6 heteroatoms. The molecule has 19 heavy (non-hydrogen) atoms. The van der Waals surface area contributed by atoms with E-state index in [0.29, 0.717) is 12.5 Å². The number of anilines is 1. The molecule has 0 atom stereocenters. The van der Waals surface area contributed by atoms with Gasteiger partial charge in [0.1, 0.15) is 5.75 Å². The summed E-state index contributed by atoms with van der Waals surface area (Å²) in [6.07, 6.45) is 0. The summed E-state index contributed by atoms with van der Waals surface area (Å²) in [4.78, 5) is 5.46. The molecule has 1 aromatic heterocycles. The lowest BCUT2D eigenvalue weighted by Crippen LogP contribution is -2.22. The Bertz CT molecular complexity index is 511. The van der Waals surface area contributed by atoms with E-state index in [-0.39, 0.29) is 24.0 Å². The normalized spacial score (nSPS) is 10.7. The zero-order chi connectivity index (χ0) is 12.8. The van der Waals surface area contributed by atoms with Crippen molar-refractivity contribution < 1.29 is 4.74 Å². The molecule has 0 saturated heterocycles. The highest BCUT2D eigenvalue weighted by Gasteiger charge is 1.97. The zero-order valence-corrected chi connectivity index (χ0v) is 13.6. The minimum Gasteiger partial charge on any atom is -0.497 e. The van der Waals surface area contributed by atoms with E-state index in [2.05, 4.69) is 10.3 Å². The predicted molar refractivity (Wildman–Crippen MR) is 91.7 cm³/mol. The predicted octanol–water partition coefficient (Wildman–Crippen LogP) is 3.30. The molecule has 102 valence electrons. The SMILES string of the molecule is COc1ccc(NC(N)=NCc2cccs2)cc1.I. The van der Waals surface area contributed by atoms with Crippen molar-refractivity contribution in [2.24, 2.45) is 10.7 Å². The second kappa shape index (κ2) is 8.00. The maximum atomic E-state index is 5.81. The molecule has 0 aliphatic heterocycles. The van der Waals surface area contributed by atoms with Gasteiger partial charge in [0, 0.05) is 10.6 Å². The number of methoxy groups -OCH3 is 1. The van der Waals surface area contributed by atoms with E-state index >= 15 is 0 Å². The molecule has 2 aromatic rings. The molecular formula is C13H16IN3OS. The van der Waals surface area contributed by atoms with Crippen LogP contribution in [-0.4, -0.2) is 13.1 Å². The standard InChI is InChI=1S/C13H15N3OS.HI/c1-17-11-6-4-10(5-7-11)16-13(14)15-9-12-3-2-8-18-12;/h2-8H,9H2,1H3,(H3,14,15,16);1H. The molecule has 0 amide bonds. The minimum absolute atomic E-state index is 0. The molecule has 4 nitrogen and oxygen atoms in total. The van der Waals surface area contributed by atoms with Gasteiger partial charge in [-0.1, -0.05) is 6.07 Å². The number of thiophene rings is 1. The van der Waals surface area contributed by atoms with Gasteiger partial charge in [0.05, 0.1) is 13.7 Å². The van der Waals surface area contributed by atoms with E-state index in [9.17, 15) is 0 Å². The van der Waals surface area contributed by atoms with Gasteiger partial charge < -0.3 is 15.8 Å². The molecule has 0 bridgehead atoms. The molecule has 0 radical (unpaired) electrons. The number of hydrogen-bond acceptors (Lipinski definition) is 3. The Balaban J connectivity index is 0.00000180.